The second-order valence-electron chi connectivity index (χ2n) is 5.26. The van der Waals surface area contributed by atoms with Crippen LogP contribution in [0.15, 0.2) is 4.52 Å². The van der Waals surface area contributed by atoms with E-state index in [9.17, 15) is 0 Å². The quantitative estimate of drug-likeness (QED) is 0.759. The van der Waals surface area contributed by atoms with Crippen molar-refractivity contribution in [1.82, 2.24) is 19.8 Å². The Morgan fingerprint density at radius 1 is 1.43 bits per heavy atom. The third-order valence-corrected chi connectivity index (χ3v) is 4.11. The first-order chi connectivity index (χ1) is 9.86. The predicted octanol–water partition coefficient (Wildman–Crippen LogP) is 3.16. The van der Waals surface area contributed by atoms with Gasteiger partial charge in [0.2, 0.25) is 0 Å². The van der Waals surface area contributed by atoms with Gasteiger partial charge < -0.3 is 9.26 Å². The van der Waals surface area contributed by atoms with Crippen LogP contribution in [0.3, 0.4) is 0 Å². The lowest BCUT2D eigenvalue weighted by atomic mass is 10.2. The number of hydrogen-bond donors (Lipinski definition) is 0. The molecule has 0 aliphatic carbocycles. The van der Waals surface area contributed by atoms with Gasteiger partial charge in [-0.25, -0.2) is 4.68 Å². The standard InChI is InChI=1S/C13H20N4O2S2/c1-8(2)18-12-14-17(13(20)21-12)7-16(5)6-11-9(3)15-19-10(11)4/h8H,6-7H2,1-5H3. The van der Waals surface area contributed by atoms with Gasteiger partial charge in [0.15, 0.2) is 3.95 Å². The molecule has 0 bridgehead atoms. The largest absolute Gasteiger partial charge is 0.466 e. The van der Waals surface area contributed by atoms with E-state index in [4.69, 9.17) is 21.5 Å². The fraction of sp³-hybridized carbons (Fsp3) is 0.615. The summed E-state index contributed by atoms with van der Waals surface area (Å²) in [5.74, 6) is 0.852. The molecule has 0 fully saturated rings. The summed E-state index contributed by atoms with van der Waals surface area (Å²) in [6, 6.07) is 0. The molecule has 0 atom stereocenters. The van der Waals surface area contributed by atoms with Gasteiger partial charge in [-0.1, -0.05) is 5.16 Å². The number of nitrogens with zero attached hydrogens (tertiary/aromatic N) is 4. The number of hydrogen-bond acceptors (Lipinski definition) is 7. The monoisotopic (exact) mass is 328 g/mol. The van der Waals surface area contributed by atoms with Crippen LogP contribution in [0.5, 0.6) is 5.19 Å². The lowest BCUT2D eigenvalue weighted by molar-refractivity contribution is 0.217. The van der Waals surface area contributed by atoms with E-state index in [1.165, 1.54) is 11.3 Å². The summed E-state index contributed by atoms with van der Waals surface area (Å²) in [6.45, 7) is 9.15. The molecule has 0 saturated carbocycles. The summed E-state index contributed by atoms with van der Waals surface area (Å²) in [7, 11) is 2.01. The van der Waals surface area contributed by atoms with Gasteiger partial charge in [0.1, 0.15) is 5.76 Å². The van der Waals surface area contributed by atoms with E-state index in [0.29, 0.717) is 15.8 Å². The minimum absolute atomic E-state index is 0.0963. The van der Waals surface area contributed by atoms with Crippen LogP contribution in [-0.2, 0) is 13.2 Å². The van der Waals surface area contributed by atoms with Crippen molar-refractivity contribution in [2.75, 3.05) is 7.05 Å². The first-order valence-corrected chi connectivity index (χ1v) is 7.94. The van der Waals surface area contributed by atoms with Crippen LogP contribution in [0.25, 0.3) is 0 Å². The maximum Gasteiger partial charge on any atom is 0.293 e. The van der Waals surface area contributed by atoms with Gasteiger partial charge in [0.25, 0.3) is 5.19 Å². The summed E-state index contributed by atoms with van der Waals surface area (Å²) in [6.07, 6.45) is 0.0963. The van der Waals surface area contributed by atoms with Crippen LogP contribution < -0.4 is 4.74 Å². The Hall–Kier alpha value is -1.25. The van der Waals surface area contributed by atoms with Crippen LogP contribution in [0.1, 0.15) is 30.9 Å². The maximum absolute atomic E-state index is 5.58. The molecule has 0 spiro atoms. The molecular formula is C13H20N4O2S2. The lowest BCUT2D eigenvalue weighted by Crippen LogP contribution is -2.23. The smallest absolute Gasteiger partial charge is 0.293 e. The van der Waals surface area contributed by atoms with E-state index in [1.807, 2.05) is 34.7 Å². The van der Waals surface area contributed by atoms with Crippen molar-refractivity contribution in [3.8, 4) is 5.19 Å². The molecule has 2 heterocycles. The summed E-state index contributed by atoms with van der Waals surface area (Å²) in [5, 5.41) is 8.97. The summed E-state index contributed by atoms with van der Waals surface area (Å²) in [5.41, 5.74) is 2.03. The molecule has 6 nitrogen and oxygen atoms in total. The molecule has 0 saturated heterocycles. The van der Waals surface area contributed by atoms with Gasteiger partial charge in [-0.05, 0) is 58.3 Å². The lowest BCUT2D eigenvalue weighted by Gasteiger charge is -2.16. The second-order valence-corrected chi connectivity index (χ2v) is 6.84. The van der Waals surface area contributed by atoms with Crippen molar-refractivity contribution in [3.63, 3.8) is 0 Å². The van der Waals surface area contributed by atoms with Crippen LogP contribution in [0.4, 0.5) is 0 Å². The first-order valence-electron chi connectivity index (χ1n) is 6.71. The molecular weight excluding hydrogens is 308 g/mol. The van der Waals surface area contributed by atoms with E-state index in [2.05, 4.69) is 15.2 Å². The Morgan fingerprint density at radius 2 is 2.14 bits per heavy atom. The highest BCUT2D eigenvalue weighted by Crippen LogP contribution is 2.19. The minimum atomic E-state index is 0.0963. The average molecular weight is 328 g/mol. The SMILES string of the molecule is Cc1noc(C)c1CN(C)Cn1nc(OC(C)C)sc1=S. The fourth-order valence-corrected chi connectivity index (χ4v) is 2.95. The van der Waals surface area contributed by atoms with Gasteiger partial charge in [-0.2, -0.15) is 0 Å². The molecule has 0 aromatic carbocycles. The minimum Gasteiger partial charge on any atom is -0.466 e. The normalized spacial score (nSPS) is 11.6. The molecule has 0 unspecified atom stereocenters. The molecule has 0 radical (unpaired) electrons. The van der Waals surface area contributed by atoms with Crippen molar-refractivity contribution in [2.24, 2.45) is 0 Å². The van der Waals surface area contributed by atoms with E-state index < -0.39 is 0 Å². The highest BCUT2D eigenvalue weighted by molar-refractivity contribution is 7.73. The van der Waals surface area contributed by atoms with Crippen molar-refractivity contribution >= 4 is 23.6 Å². The molecule has 2 rings (SSSR count). The van der Waals surface area contributed by atoms with Gasteiger partial charge in [0.05, 0.1) is 18.5 Å². The van der Waals surface area contributed by atoms with E-state index in [0.717, 1.165) is 23.6 Å². The molecule has 2 aromatic heterocycles. The van der Waals surface area contributed by atoms with E-state index in [1.54, 1.807) is 4.68 Å². The van der Waals surface area contributed by atoms with Crippen molar-refractivity contribution in [1.29, 1.82) is 0 Å². The predicted molar refractivity (Wildman–Crippen MR) is 84.1 cm³/mol. The van der Waals surface area contributed by atoms with Crippen LogP contribution in [0.2, 0.25) is 0 Å². The number of aromatic nitrogens is 3. The highest BCUT2D eigenvalue weighted by atomic mass is 32.1. The van der Waals surface area contributed by atoms with Crippen molar-refractivity contribution in [3.05, 3.63) is 21.0 Å². The Balaban J connectivity index is 2.04. The fourth-order valence-electron chi connectivity index (χ4n) is 1.90. The zero-order chi connectivity index (χ0) is 15.6. The molecule has 116 valence electrons. The first kappa shape index (κ1) is 16.1. The Morgan fingerprint density at radius 3 is 2.71 bits per heavy atom. The number of rotatable bonds is 6. The van der Waals surface area contributed by atoms with Crippen LogP contribution in [0, 0.1) is 17.8 Å². The summed E-state index contributed by atoms with van der Waals surface area (Å²) in [4.78, 5) is 2.11. The summed E-state index contributed by atoms with van der Waals surface area (Å²) >= 11 is 6.71. The van der Waals surface area contributed by atoms with Crippen LogP contribution in [-0.4, -0.2) is 33.0 Å². The van der Waals surface area contributed by atoms with Crippen LogP contribution >= 0.6 is 23.6 Å². The van der Waals surface area contributed by atoms with E-state index >= 15 is 0 Å². The Labute approximate surface area is 133 Å². The highest BCUT2D eigenvalue weighted by Gasteiger charge is 2.13. The number of ether oxygens (including phenoxy) is 1. The van der Waals surface area contributed by atoms with Crippen molar-refractivity contribution < 1.29 is 9.26 Å². The molecule has 0 N–H and O–H groups in total. The molecule has 8 heteroatoms. The number of aryl methyl sites for hydroxylation is 2. The zero-order valence-electron chi connectivity index (χ0n) is 12.9. The second kappa shape index (κ2) is 6.67. The molecule has 2 aromatic rings. The molecule has 0 amide bonds. The third kappa shape index (κ3) is 4.12. The van der Waals surface area contributed by atoms with Gasteiger partial charge >= 0.3 is 0 Å². The Kier molecular flexibility index (Phi) is 5.13. The Bertz CT molecular complexity index is 640. The molecule has 21 heavy (non-hydrogen) atoms. The molecule has 0 aliphatic rings. The third-order valence-electron chi connectivity index (χ3n) is 2.91. The van der Waals surface area contributed by atoms with Crippen molar-refractivity contribution in [2.45, 2.75) is 47.0 Å². The topological polar surface area (TPSA) is 56.3 Å². The van der Waals surface area contributed by atoms with E-state index in [-0.39, 0.29) is 6.10 Å². The summed E-state index contributed by atoms with van der Waals surface area (Å²) < 4.78 is 13.2. The molecule has 0 aliphatic heterocycles. The van der Waals surface area contributed by atoms with Gasteiger partial charge in [-0.3, -0.25) is 4.90 Å². The maximum atomic E-state index is 5.58. The van der Waals surface area contributed by atoms with Gasteiger partial charge in [-0.15, -0.1) is 5.10 Å². The van der Waals surface area contributed by atoms with Gasteiger partial charge in [0, 0.05) is 12.1 Å². The average Bonchev–Trinajstić information content (AvgIpc) is 2.86. The zero-order valence-corrected chi connectivity index (χ0v) is 14.5.